The molecule has 0 aliphatic carbocycles. The first-order valence-corrected chi connectivity index (χ1v) is 16.4. The predicted octanol–water partition coefficient (Wildman–Crippen LogP) is 2.48. The van der Waals surface area contributed by atoms with E-state index in [1.54, 1.807) is 36.2 Å². The molecule has 13 nitrogen and oxygen atoms in total. The average Bonchev–Trinajstić information content (AvgIpc) is 3.04. The van der Waals surface area contributed by atoms with Crippen molar-refractivity contribution in [1.82, 2.24) is 20.9 Å². The monoisotopic (exact) mass is 687 g/mol. The molecule has 8 N–H and O–H groups in total. The van der Waals surface area contributed by atoms with E-state index in [0.717, 1.165) is 11.1 Å². The standard InChI is InChI=1S/C34H50ClN7O6/c1-22(2)19-28(29(43)20-30(44)42(4)18-16-24-12-14-26(35)15-13-24)40-31(45)23(3)39-32(46)27(11-8-17-38-33(36)37)41-34(47)48-21-25-9-6-5-7-10-25/h5-7,9-10,12-15,22-23,27-29,43H,8,11,16-21H2,1-4H3,(H,39,46)(H,40,45)(H,41,47)(H4,36,37,38)/t23-,27-,28+,29+/m0/s1. The molecule has 0 bridgehead atoms. The molecule has 0 aliphatic heterocycles. The third-order valence-electron chi connectivity index (χ3n) is 7.49. The number of benzene rings is 2. The summed E-state index contributed by atoms with van der Waals surface area (Å²) in [6.07, 6.45) is -0.608. The first-order chi connectivity index (χ1) is 22.7. The number of halogens is 1. The average molecular weight is 688 g/mol. The Morgan fingerprint density at radius 3 is 2.23 bits per heavy atom. The van der Waals surface area contributed by atoms with Crippen LogP contribution in [0.4, 0.5) is 4.79 Å². The number of nitrogens with zero attached hydrogens (tertiary/aromatic N) is 2. The second-order valence-corrected chi connectivity index (χ2v) is 12.6. The van der Waals surface area contributed by atoms with Crippen LogP contribution in [0.2, 0.25) is 5.02 Å². The van der Waals surface area contributed by atoms with Crippen molar-refractivity contribution in [1.29, 1.82) is 0 Å². The van der Waals surface area contributed by atoms with Crippen LogP contribution in [0.5, 0.6) is 0 Å². The van der Waals surface area contributed by atoms with Gasteiger partial charge in [-0.1, -0.05) is 67.9 Å². The van der Waals surface area contributed by atoms with E-state index >= 15 is 0 Å². The molecule has 264 valence electrons. The molecule has 0 aromatic heterocycles. The van der Waals surface area contributed by atoms with E-state index < -0.39 is 42.1 Å². The Bertz CT molecular complexity index is 1340. The van der Waals surface area contributed by atoms with Gasteiger partial charge in [0.2, 0.25) is 17.7 Å². The number of hydrogen-bond acceptors (Lipinski definition) is 7. The lowest BCUT2D eigenvalue weighted by molar-refractivity contribution is -0.134. The Morgan fingerprint density at radius 1 is 0.938 bits per heavy atom. The van der Waals surface area contributed by atoms with Crippen LogP contribution in [0, 0.1) is 5.92 Å². The van der Waals surface area contributed by atoms with Gasteiger partial charge in [0.05, 0.1) is 18.6 Å². The van der Waals surface area contributed by atoms with Crippen LogP contribution in [-0.4, -0.2) is 84.1 Å². The summed E-state index contributed by atoms with van der Waals surface area (Å²) in [6, 6.07) is 13.6. The van der Waals surface area contributed by atoms with E-state index in [9.17, 15) is 24.3 Å². The second kappa shape index (κ2) is 20.8. The number of carbonyl (C=O) groups is 4. The lowest BCUT2D eigenvalue weighted by Gasteiger charge is -2.28. The number of aliphatic imine (C=N–C) groups is 1. The van der Waals surface area contributed by atoms with Crippen molar-refractivity contribution in [3.05, 3.63) is 70.7 Å². The molecule has 2 rings (SSSR count). The lowest BCUT2D eigenvalue weighted by Crippen LogP contribution is -2.55. The van der Waals surface area contributed by atoms with E-state index in [2.05, 4.69) is 20.9 Å². The summed E-state index contributed by atoms with van der Waals surface area (Å²) in [5, 5.41) is 19.6. The molecule has 0 fully saturated rings. The van der Waals surface area contributed by atoms with Crippen LogP contribution in [0.25, 0.3) is 0 Å². The van der Waals surface area contributed by atoms with Crippen molar-refractivity contribution >= 4 is 41.4 Å². The van der Waals surface area contributed by atoms with Gasteiger partial charge in [-0.05, 0) is 61.8 Å². The smallest absolute Gasteiger partial charge is 0.408 e. The van der Waals surface area contributed by atoms with Crippen LogP contribution < -0.4 is 27.4 Å². The number of likely N-dealkylation sites (N-methyl/N-ethyl adjacent to an activating group) is 1. The molecular weight excluding hydrogens is 638 g/mol. The van der Waals surface area contributed by atoms with Gasteiger partial charge in [0, 0.05) is 25.2 Å². The van der Waals surface area contributed by atoms with Crippen LogP contribution >= 0.6 is 11.6 Å². The third kappa shape index (κ3) is 15.5. The molecule has 4 amide bonds. The fourth-order valence-electron chi connectivity index (χ4n) is 4.74. The molecule has 0 radical (unpaired) electrons. The first kappa shape index (κ1) is 39.8. The molecule has 0 aliphatic rings. The van der Waals surface area contributed by atoms with E-state index in [4.69, 9.17) is 27.8 Å². The highest BCUT2D eigenvalue weighted by Gasteiger charge is 2.29. The van der Waals surface area contributed by atoms with Gasteiger partial charge in [0.1, 0.15) is 18.7 Å². The quantitative estimate of drug-likeness (QED) is 0.0734. The van der Waals surface area contributed by atoms with E-state index in [0.29, 0.717) is 30.8 Å². The van der Waals surface area contributed by atoms with Gasteiger partial charge >= 0.3 is 6.09 Å². The maximum Gasteiger partial charge on any atom is 0.408 e. The van der Waals surface area contributed by atoms with Crippen LogP contribution in [-0.2, 0) is 32.1 Å². The zero-order valence-electron chi connectivity index (χ0n) is 28.2. The maximum absolute atomic E-state index is 13.2. The second-order valence-electron chi connectivity index (χ2n) is 12.1. The van der Waals surface area contributed by atoms with Gasteiger partial charge in [0.15, 0.2) is 5.96 Å². The Morgan fingerprint density at radius 2 is 1.60 bits per heavy atom. The Kier molecular flexibility index (Phi) is 17.2. The van der Waals surface area contributed by atoms with Gasteiger partial charge in [-0.2, -0.15) is 0 Å². The topological polar surface area (TPSA) is 201 Å². The lowest BCUT2D eigenvalue weighted by atomic mass is 9.96. The highest BCUT2D eigenvalue weighted by molar-refractivity contribution is 6.30. The molecule has 4 atom stereocenters. The summed E-state index contributed by atoms with van der Waals surface area (Å²) < 4.78 is 5.27. The van der Waals surface area contributed by atoms with E-state index in [1.807, 2.05) is 44.2 Å². The summed E-state index contributed by atoms with van der Waals surface area (Å²) in [4.78, 5) is 57.4. The summed E-state index contributed by atoms with van der Waals surface area (Å²) in [5.41, 5.74) is 12.6. The maximum atomic E-state index is 13.2. The van der Waals surface area contributed by atoms with Crippen molar-refractivity contribution in [3.8, 4) is 0 Å². The largest absolute Gasteiger partial charge is 0.445 e. The zero-order chi connectivity index (χ0) is 35.6. The number of alkyl carbamates (subject to hydrolysis) is 1. The molecule has 0 saturated heterocycles. The molecule has 0 heterocycles. The number of carbonyl (C=O) groups excluding carboxylic acids is 4. The van der Waals surface area contributed by atoms with Crippen molar-refractivity contribution in [2.24, 2.45) is 22.4 Å². The minimum absolute atomic E-state index is 0.00797. The number of aliphatic hydroxyl groups is 1. The van der Waals surface area contributed by atoms with Crippen molar-refractivity contribution in [3.63, 3.8) is 0 Å². The van der Waals surface area contributed by atoms with E-state index in [1.165, 1.54) is 6.92 Å². The van der Waals surface area contributed by atoms with Gasteiger partial charge in [-0.3, -0.25) is 19.4 Å². The number of ether oxygens (including phenoxy) is 1. The predicted molar refractivity (Wildman–Crippen MR) is 186 cm³/mol. The molecule has 0 unspecified atom stereocenters. The number of amides is 4. The van der Waals surface area contributed by atoms with Crippen LogP contribution in [0.15, 0.2) is 59.6 Å². The zero-order valence-corrected chi connectivity index (χ0v) is 28.9. The van der Waals surface area contributed by atoms with Gasteiger partial charge in [-0.25, -0.2) is 4.79 Å². The number of aliphatic hydroxyl groups excluding tert-OH is 1. The van der Waals surface area contributed by atoms with Crippen molar-refractivity contribution in [2.75, 3.05) is 20.1 Å². The number of nitrogens with two attached hydrogens (primary N) is 2. The summed E-state index contributed by atoms with van der Waals surface area (Å²) in [6.45, 7) is 6.05. The molecular formula is C34H50ClN7O6. The Hall–Kier alpha value is -4.36. The number of guanidine groups is 1. The Balaban J connectivity index is 1.98. The highest BCUT2D eigenvalue weighted by atomic mass is 35.5. The van der Waals surface area contributed by atoms with E-state index in [-0.39, 0.29) is 43.8 Å². The molecule has 48 heavy (non-hydrogen) atoms. The highest BCUT2D eigenvalue weighted by Crippen LogP contribution is 2.14. The van der Waals surface area contributed by atoms with Crippen molar-refractivity contribution < 1.29 is 29.0 Å². The fraction of sp³-hybridized carbons (Fsp3) is 0.500. The van der Waals surface area contributed by atoms with Gasteiger partial charge in [0.25, 0.3) is 0 Å². The normalized spacial score (nSPS) is 13.4. The SMILES string of the molecule is CC(C)C[C@@H](NC(=O)[C@H](C)NC(=O)[C@H](CCCN=C(N)N)NC(=O)OCc1ccccc1)[C@H](O)CC(=O)N(C)CCc1ccc(Cl)cc1. The Labute approximate surface area is 287 Å². The number of hydrogen-bond donors (Lipinski definition) is 6. The molecule has 2 aromatic rings. The molecule has 0 spiro atoms. The molecule has 0 saturated carbocycles. The van der Waals surface area contributed by atoms with Gasteiger partial charge in [-0.15, -0.1) is 0 Å². The first-order valence-electron chi connectivity index (χ1n) is 16.0. The van der Waals surface area contributed by atoms with Crippen molar-refractivity contribution in [2.45, 2.75) is 83.7 Å². The third-order valence-corrected chi connectivity index (χ3v) is 7.75. The summed E-state index contributed by atoms with van der Waals surface area (Å²) in [7, 11) is 1.66. The molecule has 14 heteroatoms. The number of nitrogens with one attached hydrogen (secondary N) is 3. The van der Waals surface area contributed by atoms with Crippen LogP contribution in [0.1, 0.15) is 57.6 Å². The van der Waals surface area contributed by atoms with Crippen LogP contribution in [0.3, 0.4) is 0 Å². The summed E-state index contributed by atoms with van der Waals surface area (Å²) in [5.74, 6) is -1.44. The minimum Gasteiger partial charge on any atom is -0.445 e. The minimum atomic E-state index is -1.16. The van der Waals surface area contributed by atoms with Gasteiger partial charge < -0.3 is 42.2 Å². The summed E-state index contributed by atoms with van der Waals surface area (Å²) >= 11 is 5.95. The fourth-order valence-corrected chi connectivity index (χ4v) is 4.86. The number of rotatable bonds is 19. The molecule has 2 aromatic carbocycles.